The Morgan fingerprint density at radius 1 is 1.21 bits per heavy atom. The summed E-state index contributed by atoms with van der Waals surface area (Å²) in [6.07, 6.45) is 0.785. The van der Waals surface area contributed by atoms with Gasteiger partial charge in [0, 0.05) is 35.3 Å². The van der Waals surface area contributed by atoms with E-state index in [1.165, 1.54) is 6.07 Å². The van der Waals surface area contributed by atoms with Crippen LogP contribution in [0, 0.1) is 0 Å². The molecule has 0 aliphatic rings. The zero-order valence-corrected chi connectivity index (χ0v) is 16.5. The summed E-state index contributed by atoms with van der Waals surface area (Å²) in [6, 6.07) is 13.8. The lowest BCUT2D eigenvalue weighted by Gasteiger charge is -2.23. The number of H-pyrrole nitrogens is 1. The Morgan fingerprint density at radius 2 is 2.00 bits per heavy atom. The second-order valence-corrected chi connectivity index (χ2v) is 6.84. The van der Waals surface area contributed by atoms with Crippen LogP contribution in [-0.4, -0.2) is 29.6 Å². The van der Waals surface area contributed by atoms with Crippen LogP contribution < -0.4 is 15.6 Å². The van der Waals surface area contributed by atoms with Gasteiger partial charge in [0.15, 0.2) is 0 Å². The van der Waals surface area contributed by atoms with E-state index in [9.17, 15) is 9.59 Å². The summed E-state index contributed by atoms with van der Waals surface area (Å²) in [5, 5.41) is 4.26. The van der Waals surface area contributed by atoms with Crippen molar-refractivity contribution in [3.8, 4) is 5.75 Å². The van der Waals surface area contributed by atoms with Crippen LogP contribution in [0.3, 0.4) is 0 Å². The molecule has 0 spiro atoms. The lowest BCUT2D eigenvalue weighted by molar-refractivity contribution is 0.209. The zero-order valence-electron chi connectivity index (χ0n) is 15.8. The normalized spacial score (nSPS) is 10.7. The number of aromatic nitrogens is 1. The van der Waals surface area contributed by atoms with Crippen molar-refractivity contribution in [1.29, 1.82) is 0 Å². The number of hydrogen-bond acceptors (Lipinski definition) is 3. The summed E-state index contributed by atoms with van der Waals surface area (Å²) < 4.78 is 5.35. The summed E-state index contributed by atoms with van der Waals surface area (Å²) in [4.78, 5) is 29.5. The number of ether oxygens (including phenoxy) is 1. The van der Waals surface area contributed by atoms with Crippen molar-refractivity contribution in [2.45, 2.75) is 19.9 Å². The number of halogens is 1. The van der Waals surface area contributed by atoms with E-state index in [2.05, 4.69) is 10.3 Å². The Morgan fingerprint density at radius 3 is 2.71 bits per heavy atom. The first-order valence-corrected chi connectivity index (χ1v) is 9.40. The average molecular weight is 400 g/mol. The minimum absolute atomic E-state index is 0.237. The molecule has 6 nitrogen and oxygen atoms in total. The molecule has 0 aliphatic heterocycles. The standard InChI is InChI=1S/C21H22ClN3O3/c1-3-10-25(21(27)23-16-7-4-6-15(22)12-16)13-14-11-19(26)24-20-17(14)8-5-9-18(20)28-2/h4-9,11-12H,3,10,13H2,1-2H3,(H,23,27)(H,24,26). The van der Waals surface area contributed by atoms with Crippen LogP contribution in [0.5, 0.6) is 5.75 Å². The molecule has 1 aromatic heterocycles. The minimum atomic E-state index is -0.250. The Bertz CT molecular complexity index is 1050. The molecule has 0 aliphatic carbocycles. The lowest BCUT2D eigenvalue weighted by atomic mass is 10.1. The number of carbonyl (C=O) groups is 1. The highest BCUT2D eigenvalue weighted by atomic mass is 35.5. The van der Waals surface area contributed by atoms with Gasteiger partial charge in [-0.15, -0.1) is 0 Å². The van der Waals surface area contributed by atoms with Crippen LogP contribution in [0.2, 0.25) is 5.02 Å². The Balaban J connectivity index is 1.92. The number of nitrogens with zero attached hydrogens (tertiary/aromatic N) is 1. The second-order valence-electron chi connectivity index (χ2n) is 6.40. The van der Waals surface area contributed by atoms with Crippen molar-refractivity contribution < 1.29 is 9.53 Å². The van der Waals surface area contributed by atoms with Crippen LogP contribution in [0.1, 0.15) is 18.9 Å². The number of rotatable bonds is 6. The van der Waals surface area contributed by atoms with Crippen molar-refractivity contribution in [3.05, 3.63) is 69.5 Å². The Labute approximate surface area is 168 Å². The number of fused-ring (bicyclic) bond motifs is 1. The monoisotopic (exact) mass is 399 g/mol. The predicted octanol–water partition coefficient (Wildman–Crippen LogP) is 4.63. The first kappa shape index (κ1) is 19.8. The highest BCUT2D eigenvalue weighted by Crippen LogP contribution is 2.25. The number of carbonyl (C=O) groups excluding carboxylic acids is 1. The molecule has 146 valence electrons. The number of amides is 2. The van der Waals surface area contributed by atoms with Crippen LogP contribution in [0.15, 0.2) is 53.3 Å². The maximum atomic E-state index is 12.8. The number of hydrogen-bond donors (Lipinski definition) is 2. The summed E-state index contributed by atoms with van der Waals surface area (Å²) in [6.45, 7) is 2.84. The fourth-order valence-corrected chi connectivity index (χ4v) is 3.31. The van der Waals surface area contributed by atoms with E-state index >= 15 is 0 Å². The fourth-order valence-electron chi connectivity index (χ4n) is 3.12. The van der Waals surface area contributed by atoms with Gasteiger partial charge in [-0.25, -0.2) is 4.79 Å². The third kappa shape index (κ3) is 4.46. The minimum Gasteiger partial charge on any atom is -0.495 e. The molecule has 0 unspecified atom stereocenters. The molecular weight excluding hydrogens is 378 g/mol. The smallest absolute Gasteiger partial charge is 0.322 e. The molecule has 3 aromatic rings. The number of nitrogens with one attached hydrogen (secondary N) is 2. The molecule has 1 heterocycles. The first-order valence-electron chi connectivity index (χ1n) is 9.02. The Kier molecular flexibility index (Phi) is 6.21. The van der Waals surface area contributed by atoms with Gasteiger partial charge in [0.1, 0.15) is 5.75 Å². The number of benzene rings is 2. The van der Waals surface area contributed by atoms with Gasteiger partial charge in [-0.1, -0.05) is 36.7 Å². The molecule has 0 radical (unpaired) electrons. The molecule has 3 rings (SSSR count). The van der Waals surface area contributed by atoms with E-state index in [1.807, 2.05) is 19.1 Å². The molecule has 0 atom stereocenters. The van der Waals surface area contributed by atoms with Crippen molar-refractivity contribution >= 4 is 34.2 Å². The third-order valence-corrected chi connectivity index (χ3v) is 4.60. The first-order chi connectivity index (χ1) is 13.5. The van der Waals surface area contributed by atoms with Gasteiger partial charge >= 0.3 is 6.03 Å². The summed E-state index contributed by atoms with van der Waals surface area (Å²) in [7, 11) is 1.56. The van der Waals surface area contributed by atoms with Crippen LogP contribution in [-0.2, 0) is 6.54 Å². The molecule has 0 saturated carbocycles. The summed E-state index contributed by atoms with van der Waals surface area (Å²) in [5.74, 6) is 0.585. The maximum Gasteiger partial charge on any atom is 0.322 e. The van der Waals surface area contributed by atoms with Crippen LogP contribution in [0.4, 0.5) is 10.5 Å². The molecular formula is C21H22ClN3O3. The third-order valence-electron chi connectivity index (χ3n) is 4.36. The van der Waals surface area contributed by atoms with E-state index in [0.29, 0.717) is 35.1 Å². The van der Waals surface area contributed by atoms with Crippen molar-refractivity contribution in [2.24, 2.45) is 0 Å². The fraction of sp³-hybridized carbons (Fsp3) is 0.238. The molecule has 2 N–H and O–H groups in total. The van der Waals surface area contributed by atoms with Crippen molar-refractivity contribution in [3.63, 3.8) is 0 Å². The van der Waals surface area contributed by atoms with Gasteiger partial charge in [-0.2, -0.15) is 0 Å². The number of urea groups is 1. The highest BCUT2D eigenvalue weighted by Gasteiger charge is 2.16. The number of para-hydroxylation sites is 1. The van der Waals surface area contributed by atoms with Crippen LogP contribution in [0.25, 0.3) is 10.9 Å². The predicted molar refractivity (Wildman–Crippen MR) is 112 cm³/mol. The van der Waals surface area contributed by atoms with Gasteiger partial charge in [-0.05, 0) is 36.2 Å². The molecule has 28 heavy (non-hydrogen) atoms. The molecule has 2 aromatic carbocycles. The van der Waals surface area contributed by atoms with E-state index in [0.717, 1.165) is 17.4 Å². The zero-order chi connectivity index (χ0) is 20.1. The molecule has 7 heteroatoms. The summed E-state index contributed by atoms with van der Waals surface area (Å²) >= 11 is 6.00. The largest absolute Gasteiger partial charge is 0.495 e. The molecule has 0 bridgehead atoms. The summed E-state index contributed by atoms with van der Waals surface area (Å²) in [5.41, 5.74) is 1.77. The van der Waals surface area contributed by atoms with Gasteiger partial charge < -0.3 is 19.9 Å². The number of anilines is 1. The topological polar surface area (TPSA) is 74.4 Å². The maximum absolute atomic E-state index is 12.8. The lowest BCUT2D eigenvalue weighted by Crippen LogP contribution is -2.35. The highest BCUT2D eigenvalue weighted by molar-refractivity contribution is 6.30. The van der Waals surface area contributed by atoms with Gasteiger partial charge in [0.2, 0.25) is 5.56 Å². The van der Waals surface area contributed by atoms with Crippen molar-refractivity contribution in [2.75, 3.05) is 19.0 Å². The number of methoxy groups -OCH3 is 1. The van der Waals surface area contributed by atoms with Gasteiger partial charge in [-0.3, -0.25) is 4.79 Å². The van der Waals surface area contributed by atoms with E-state index in [4.69, 9.17) is 16.3 Å². The average Bonchev–Trinajstić information content (AvgIpc) is 2.67. The molecule has 2 amide bonds. The van der Waals surface area contributed by atoms with Gasteiger partial charge in [0.05, 0.1) is 12.6 Å². The Hall–Kier alpha value is -2.99. The van der Waals surface area contributed by atoms with E-state index < -0.39 is 0 Å². The van der Waals surface area contributed by atoms with E-state index in [-0.39, 0.29) is 11.6 Å². The molecule has 0 fully saturated rings. The van der Waals surface area contributed by atoms with E-state index in [1.54, 1.807) is 42.3 Å². The number of aromatic amines is 1. The molecule has 0 saturated heterocycles. The quantitative estimate of drug-likeness (QED) is 0.634. The number of pyridine rings is 1. The van der Waals surface area contributed by atoms with Crippen molar-refractivity contribution in [1.82, 2.24) is 9.88 Å². The van der Waals surface area contributed by atoms with Crippen LogP contribution >= 0.6 is 11.6 Å². The SMILES string of the molecule is CCCN(Cc1cc(=O)[nH]c2c(OC)cccc12)C(=O)Nc1cccc(Cl)c1. The second kappa shape index (κ2) is 8.80. The van der Waals surface area contributed by atoms with Gasteiger partial charge in [0.25, 0.3) is 0 Å².